The summed E-state index contributed by atoms with van der Waals surface area (Å²) in [5, 5.41) is 0.662. The predicted octanol–water partition coefficient (Wildman–Crippen LogP) is 6.71. The zero-order valence-corrected chi connectivity index (χ0v) is 19.6. The van der Waals surface area contributed by atoms with Gasteiger partial charge in [0.15, 0.2) is 6.10 Å². The van der Waals surface area contributed by atoms with Crippen LogP contribution in [0.4, 0.5) is 0 Å². The van der Waals surface area contributed by atoms with E-state index in [1.54, 1.807) is 25.1 Å². The fourth-order valence-corrected chi connectivity index (χ4v) is 3.83. The number of benzene rings is 3. The van der Waals surface area contributed by atoms with E-state index in [9.17, 15) is 9.59 Å². The summed E-state index contributed by atoms with van der Waals surface area (Å²) in [7, 11) is 0. The van der Waals surface area contributed by atoms with Crippen LogP contribution < -0.4 is 0 Å². The second-order valence-electron chi connectivity index (χ2n) is 7.86. The number of halogens is 1. The number of hydrogen-bond acceptors (Lipinski definition) is 4. The van der Waals surface area contributed by atoms with Crippen molar-refractivity contribution >= 4 is 38.6 Å². The molecule has 1 atom stereocenters. The van der Waals surface area contributed by atoms with Crippen molar-refractivity contribution in [3.63, 3.8) is 0 Å². The Morgan fingerprint density at radius 3 is 2.16 bits per heavy atom. The van der Waals surface area contributed by atoms with Gasteiger partial charge in [0, 0.05) is 21.0 Å². The second-order valence-corrected chi connectivity index (χ2v) is 8.78. The number of esters is 1. The lowest BCUT2D eigenvalue weighted by molar-refractivity contribution is 0.0320. The van der Waals surface area contributed by atoms with Crippen LogP contribution in [0.3, 0.4) is 0 Å². The average Bonchev–Trinajstić information content (AvgIpc) is 2.78. The summed E-state index contributed by atoms with van der Waals surface area (Å²) in [5.74, 6) is -0.798. The Hall–Kier alpha value is -3.31. The molecule has 0 saturated heterocycles. The van der Waals surface area contributed by atoms with Gasteiger partial charge in [0.25, 0.3) is 0 Å². The summed E-state index contributed by atoms with van der Waals surface area (Å²) in [6.07, 6.45) is -0.914. The fourth-order valence-electron chi connectivity index (χ4n) is 3.47. The number of rotatable bonds is 5. The summed E-state index contributed by atoms with van der Waals surface area (Å²) in [6.45, 7) is 5.57. The molecule has 0 aliphatic rings. The van der Waals surface area contributed by atoms with Gasteiger partial charge in [-0.2, -0.15) is 0 Å². The summed E-state index contributed by atoms with van der Waals surface area (Å²) in [4.78, 5) is 30.7. The number of pyridine rings is 1. The Balaban J connectivity index is 1.70. The second kappa shape index (κ2) is 9.05. The number of hydrogen-bond donors (Lipinski definition) is 0. The van der Waals surface area contributed by atoms with Crippen LogP contribution in [0.1, 0.15) is 38.8 Å². The third-order valence-electron chi connectivity index (χ3n) is 5.33. The third-order valence-corrected chi connectivity index (χ3v) is 5.82. The molecule has 3 aromatic carbocycles. The van der Waals surface area contributed by atoms with Gasteiger partial charge in [-0.15, -0.1) is 0 Å². The molecule has 0 N–H and O–H groups in total. The molecule has 1 unspecified atom stereocenters. The van der Waals surface area contributed by atoms with Crippen LogP contribution in [-0.2, 0) is 4.74 Å². The number of ketones is 1. The van der Waals surface area contributed by atoms with Gasteiger partial charge >= 0.3 is 5.97 Å². The summed E-state index contributed by atoms with van der Waals surface area (Å²) in [5.41, 5.74) is 5.33. The monoisotopic (exact) mass is 487 g/mol. The maximum atomic E-state index is 13.2. The summed E-state index contributed by atoms with van der Waals surface area (Å²) in [6, 6.07) is 22.5. The molecule has 1 aromatic heterocycles. The third kappa shape index (κ3) is 4.63. The van der Waals surface area contributed by atoms with Gasteiger partial charge in [-0.25, -0.2) is 9.78 Å². The van der Waals surface area contributed by atoms with E-state index in [1.165, 1.54) is 0 Å². The number of nitrogens with zero attached hydrogens (tertiary/aromatic N) is 1. The zero-order valence-electron chi connectivity index (χ0n) is 18.1. The van der Waals surface area contributed by atoms with Crippen LogP contribution in [0.5, 0.6) is 0 Å². The van der Waals surface area contributed by atoms with Crippen LogP contribution in [-0.4, -0.2) is 22.8 Å². The molecule has 160 valence electrons. The van der Waals surface area contributed by atoms with E-state index < -0.39 is 12.1 Å². The van der Waals surface area contributed by atoms with Crippen LogP contribution in [0.15, 0.2) is 77.3 Å². The Morgan fingerprint density at radius 1 is 0.875 bits per heavy atom. The topological polar surface area (TPSA) is 56.3 Å². The molecule has 0 fully saturated rings. The minimum atomic E-state index is -0.914. The van der Waals surface area contributed by atoms with Crippen LogP contribution in [0, 0.1) is 13.8 Å². The largest absolute Gasteiger partial charge is 0.451 e. The Labute approximate surface area is 195 Å². The first-order chi connectivity index (χ1) is 15.3. The normalized spacial score (nSPS) is 11.9. The van der Waals surface area contributed by atoms with Crippen molar-refractivity contribution in [3.05, 3.63) is 99.5 Å². The van der Waals surface area contributed by atoms with Crippen molar-refractivity contribution in [1.29, 1.82) is 0 Å². The molecule has 5 heteroatoms. The molecule has 0 aliphatic heterocycles. The standard InChI is InChI=1S/C27H22BrNO3/c1-16-4-8-19(9-5-16)25-15-23(22-14-21(28)12-13-24(22)29-25)27(31)32-18(3)26(30)20-10-6-17(2)7-11-20/h4-15,18H,1-3H3. The molecular formula is C27H22BrNO3. The maximum Gasteiger partial charge on any atom is 0.339 e. The predicted molar refractivity (Wildman–Crippen MR) is 130 cm³/mol. The van der Waals surface area contributed by atoms with Crippen molar-refractivity contribution in [2.75, 3.05) is 0 Å². The lowest BCUT2D eigenvalue weighted by Crippen LogP contribution is -2.24. The van der Waals surface area contributed by atoms with Gasteiger partial charge in [0.2, 0.25) is 5.78 Å². The summed E-state index contributed by atoms with van der Waals surface area (Å²) < 4.78 is 6.44. The van der Waals surface area contributed by atoms with Gasteiger partial charge in [-0.05, 0) is 45.0 Å². The van der Waals surface area contributed by atoms with E-state index in [4.69, 9.17) is 9.72 Å². The Kier molecular flexibility index (Phi) is 6.19. The first-order valence-electron chi connectivity index (χ1n) is 10.3. The lowest BCUT2D eigenvalue weighted by atomic mass is 10.0. The molecule has 4 rings (SSSR count). The lowest BCUT2D eigenvalue weighted by Gasteiger charge is -2.15. The zero-order chi connectivity index (χ0) is 22.8. The SMILES string of the molecule is Cc1ccc(C(=O)C(C)OC(=O)c2cc(-c3ccc(C)cc3)nc3ccc(Br)cc23)cc1. The molecule has 0 amide bonds. The van der Waals surface area contributed by atoms with Crippen LogP contribution in [0.25, 0.3) is 22.2 Å². The quantitative estimate of drug-likeness (QED) is 0.232. The number of aromatic nitrogens is 1. The van der Waals surface area contributed by atoms with Crippen molar-refractivity contribution in [2.45, 2.75) is 26.9 Å². The van der Waals surface area contributed by atoms with Gasteiger partial charge in [0.05, 0.1) is 16.8 Å². The first kappa shape index (κ1) is 21.9. The molecule has 0 bridgehead atoms. The smallest absolute Gasteiger partial charge is 0.339 e. The minimum Gasteiger partial charge on any atom is -0.451 e. The van der Waals surface area contributed by atoms with E-state index in [0.717, 1.165) is 21.2 Å². The van der Waals surface area contributed by atoms with E-state index in [2.05, 4.69) is 15.9 Å². The number of carbonyl (C=O) groups excluding carboxylic acids is 2. The van der Waals surface area contributed by atoms with Gasteiger partial charge < -0.3 is 4.74 Å². The Bertz CT molecular complexity index is 1310. The number of ether oxygens (including phenoxy) is 1. The van der Waals surface area contributed by atoms with Crippen LogP contribution in [0.2, 0.25) is 0 Å². The maximum absolute atomic E-state index is 13.2. The van der Waals surface area contributed by atoms with E-state index in [-0.39, 0.29) is 5.78 Å². The van der Waals surface area contributed by atoms with Crippen molar-refractivity contribution < 1.29 is 14.3 Å². The molecular weight excluding hydrogens is 466 g/mol. The molecule has 0 aliphatic carbocycles. The van der Waals surface area contributed by atoms with E-state index >= 15 is 0 Å². The highest BCUT2D eigenvalue weighted by molar-refractivity contribution is 9.10. The number of carbonyl (C=O) groups is 2. The number of Topliss-reactive ketones (excluding diaryl/α,β-unsaturated/α-hetero) is 1. The highest BCUT2D eigenvalue weighted by Crippen LogP contribution is 2.28. The van der Waals surface area contributed by atoms with E-state index in [0.29, 0.717) is 27.7 Å². The number of fused-ring (bicyclic) bond motifs is 1. The highest BCUT2D eigenvalue weighted by atomic mass is 79.9. The molecule has 4 nitrogen and oxygen atoms in total. The Morgan fingerprint density at radius 2 is 1.50 bits per heavy atom. The van der Waals surface area contributed by atoms with Crippen LogP contribution >= 0.6 is 15.9 Å². The molecule has 4 aromatic rings. The van der Waals surface area contributed by atoms with Gasteiger partial charge in [-0.1, -0.05) is 75.6 Å². The molecule has 1 heterocycles. The number of aryl methyl sites for hydroxylation is 2. The van der Waals surface area contributed by atoms with Crippen molar-refractivity contribution in [2.24, 2.45) is 0 Å². The first-order valence-corrected chi connectivity index (χ1v) is 11.1. The molecule has 32 heavy (non-hydrogen) atoms. The molecule has 0 spiro atoms. The van der Waals surface area contributed by atoms with Crippen molar-refractivity contribution in [1.82, 2.24) is 4.98 Å². The fraction of sp³-hybridized carbons (Fsp3) is 0.148. The highest BCUT2D eigenvalue weighted by Gasteiger charge is 2.23. The van der Waals surface area contributed by atoms with Gasteiger partial charge in [0.1, 0.15) is 0 Å². The van der Waals surface area contributed by atoms with Crippen molar-refractivity contribution in [3.8, 4) is 11.3 Å². The minimum absolute atomic E-state index is 0.239. The molecule has 0 radical (unpaired) electrons. The summed E-state index contributed by atoms with van der Waals surface area (Å²) >= 11 is 3.46. The van der Waals surface area contributed by atoms with E-state index in [1.807, 2.05) is 68.4 Å². The average molecular weight is 488 g/mol. The van der Waals surface area contributed by atoms with Gasteiger partial charge in [-0.3, -0.25) is 4.79 Å². The molecule has 0 saturated carbocycles.